The molecule has 2 nitrogen and oxygen atoms in total. The predicted molar refractivity (Wildman–Crippen MR) is 51.8 cm³/mol. The Morgan fingerprint density at radius 2 is 2.06 bits per heavy atom. The molecule has 0 heterocycles. The van der Waals surface area contributed by atoms with E-state index >= 15 is 0 Å². The van der Waals surface area contributed by atoms with E-state index in [1.54, 1.807) is 19.1 Å². The van der Waals surface area contributed by atoms with Crippen LogP contribution in [-0.2, 0) is 6.42 Å². The van der Waals surface area contributed by atoms with Gasteiger partial charge in [-0.2, -0.15) is 5.26 Å². The van der Waals surface area contributed by atoms with Crippen molar-refractivity contribution < 1.29 is 17.9 Å². The van der Waals surface area contributed by atoms with E-state index < -0.39 is 6.36 Å². The average Bonchev–Trinajstić information content (AvgIpc) is 2.14. The lowest BCUT2D eigenvalue weighted by Crippen LogP contribution is -2.18. The van der Waals surface area contributed by atoms with Crippen LogP contribution in [0.1, 0.15) is 17.5 Å². The Kier molecular flexibility index (Phi) is 3.78. The number of hydrogen-bond acceptors (Lipinski definition) is 2. The van der Waals surface area contributed by atoms with Crippen molar-refractivity contribution in [3.05, 3.63) is 29.3 Å². The van der Waals surface area contributed by atoms with Gasteiger partial charge in [0.05, 0.1) is 6.07 Å². The molecular formula is C11H10F3NO. The van der Waals surface area contributed by atoms with E-state index in [0.29, 0.717) is 11.1 Å². The summed E-state index contributed by atoms with van der Waals surface area (Å²) in [7, 11) is 0. The highest BCUT2D eigenvalue weighted by atomic mass is 19.4. The Morgan fingerprint density at radius 3 is 2.62 bits per heavy atom. The lowest BCUT2D eigenvalue weighted by Gasteiger charge is -2.13. The van der Waals surface area contributed by atoms with Crippen molar-refractivity contribution in [3.63, 3.8) is 0 Å². The van der Waals surface area contributed by atoms with E-state index in [0.717, 1.165) is 0 Å². The van der Waals surface area contributed by atoms with Gasteiger partial charge in [-0.15, -0.1) is 13.2 Å². The number of nitriles is 1. The molecule has 0 aromatic heterocycles. The van der Waals surface area contributed by atoms with Crippen LogP contribution in [0.5, 0.6) is 5.75 Å². The quantitative estimate of drug-likeness (QED) is 0.796. The third-order valence-electron chi connectivity index (χ3n) is 1.95. The fourth-order valence-electron chi connectivity index (χ4n) is 1.28. The molecule has 1 aromatic rings. The number of hydrogen-bond donors (Lipinski definition) is 0. The lowest BCUT2D eigenvalue weighted by molar-refractivity contribution is -0.274. The molecule has 0 bridgehead atoms. The van der Waals surface area contributed by atoms with Crippen LogP contribution in [-0.4, -0.2) is 6.36 Å². The van der Waals surface area contributed by atoms with E-state index in [-0.39, 0.29) is 18.6 Å². The first-order valence-electron chi connectivity index (χ1n) is 4.64. The largest absolute Gasteiger partial charge is 0.573 e. The first-order chi connectivity index (χ1) is 7.42. The van der Waals surface area contributed by atoms with E-state index in [9.17, 15) is 13.2 Å². The van der Waals surface area contributed by atoms with Gasteiger partial charge in [0.1, 0.15) is 5.75 Å². The second-order valence-corrected chi connectivity index (χ2v) is 3.32. The summed E-state index contributed by atoms with van der Waals surface area (Å²) in [6.07, 6.45) is -4.28. The van der Waals surface area contributed by atoms with Gasteiger partial charge in [-0.05, 0) is 30.5 Å². The Bertz CT molecular complexity index is 407. The van der Waals surface area contributed by atoms with Gasteiger partial charge < -0.3 is 4.74 Å². The highest BCUT2D eigenvalue weighted by molar-refractivity contribution is 5.37. The summed E-state index contributed by atoms with van der Waals surface area (Å²) >= 11 is 0. The predicted octanol–water partition coefficient (Wildman–Crippen LogP) is 3.35. The third-order valence-corrected chi connectivity index (χ3v) is 1.95. The van der Waals surface area contributed by atoms with Crippen LogP contribution < -0.4 is 4.74 Å². The molecule has 0 radical (unpaired) electrons. The molecule has 1 rings (SSSR count). The average molecular weight is 229 g/mol. The van der Waals surface area contributed by atoms with Gasteiger partial charge in [-0.3, -0.25) is 0 Å². The number of halogens is 3. The molecule has 0 fully saturated rings. The Hall–Kier alpha value is -1.70. The van der Waals surface area contributed by atoms with Gasteiger partial charge in [-0.1, -0.05) is 12.1 Å². The standard InChI is InChI=1S/C11H10F3NO/c1-8-4-5-9(3-2-6-15)10(7-8)16-11(12,13)14/h4-5,7H,2-3H2,1H3. The minimum absolute atomic E-state index is 0.164. The summed E-state index contributed by atoms with van der Waals surface area (Å²) < 4.78 is 40.2. The van der Waals surface area contributed by atoms with Crippen LogP contribution in [0.25, 0.3) is 0 Å². The Labute approximate surface area is 91.3 Å². The van der Waals surface area contributed by atoms with E-state index in [4.69, 9.17) is 5.26 Å². The smallest absolute Gasteiger partial charge is 0.405 e. The van der Waals surface area contributed by atoms with Crippen molar-refractivity contribution in [2.75, 3.05) is 0 Å². The van der Waals surface area contributed by atoms with Gasteiger partial charge in [0.15, 0.2) is 0 Å². The molecular weight excluding hydrogens is 219 g/mol. The minimum Gasteiger partial charge on any atom is -0.405 e. The van der Waals surface area contributed by atoms with Crippen molar-refractivity contribution >= 4 is 0 Å². The molecule has 16 heavy (non-hydrogen) atoms. The summed E-state index contributed by atoms with van der Waals surface area (Å²) in [5.74, 6) is -0.220. The molecule has 0 aliphatic heterocycles. The zero-order valence-corrected chi connectivity index (χ0v) is 8.64. The second-order valence-electron chi connectivity index (χ2n) is 3.32. The topological polar surface area (TPSA) is 33.0 Å². The van der Waals surface area contributed by atoms with E-state index in [2.05, 4.69) is 4.74 Å². The van der Waals surface area contributed by atoms with Crippen molar-refractivity contribution in [3.8, 4) is 11.8 Å². The molecule has 0 aliphatic carbocycles. The van der Waals surface area contributed by atoms with Crippen molar-refractivity contribution in [2.24, 2.45) is 0 Å². The van der Waals surface area contributed by atoms with Crippen LogP contribution in [0.4, 0.5) is 13.2 Å². The summed E-state index contributed by atoms with van der Waals surface area (Å²) in [6, 6.07) is 6.44. The fourth-order valence-corrected chi connectivity index (χ4v) is 1.28. The molecule has 5 heteroatoms. The summed E-state index contributed by atoms with van der Waals surface area (Å²) in [5.41, 5.74) is 1.07. The zero-order chi connectivity index (χ0) is 12.2. The summed E-state index contributed by atoms with van der Waals surface area (Å²) in [6.45, 7) is 1.68. The van der Waals surface area contributed by atoms with Crippen molar-refractivity contribution in [1.29, 1.82) is 5.26 Å². The van der Waals surface area contributed by atoms with Crippen LogP contribution in [0.2, 0.25) is 0 Å². The van der Waals surface area contributed by atoms with Gasteiger partial charge >= 0.3 is 6.36 Å². The zero-order valence-electron chi connectivity index (χ0n) is 8.64. The van der Waals surface area contributed by atoms with Gasteiger partial charge in [0.2, 0.25) is 0 Å². The monoisotopic (exact) mass is 229 g/mol. The molecule has 0 amide bonds. The SMILES string of the molecule is Cc1ccc(CCC#N)c(OC(F)(F)F)c1. The van der Waals surface area contributed by atoms with E-state index in [1.807, 2.05) is 6.07 Å². The highest BCUT2D eigenvalue weighted by Gasteiger charge is 2.32. The van der Waals surface area contributed by atoms with E-state index in [1.165, 1.54) is 6.07 Å². The highest BCUT2D eigenvalue weighted by Crippen LogP contribution is 2.28. The number of nitrogens with zero attached hydrogens (tertiary/aromatic N) is 1. The molecule has 0 atom stereocenters. The molecule has 1 aromatic carbocycles. The normalized spacial score (nSPS) is 10.9. The van der Waals surface area contributed by atoms with Crippen LogP contribution in [0.15, 0.2) is 18.2 Å². The molecule has 0 spiro atoms. The molecule has 0 saturated carbocycles. The van der Waals surface area contributed by atoms with Crippen LogP contribution in [0, 0.1) is 18.3 Å². The summed E-state index contributed by atoms with van der Waals surface area (Å²) in [5, 5.41) is 8.39. The van der Waals surface area contributed by atoms with Gasteiger partial charge in [0, 0.05) is 6.42 Å². The van der Waals surface area contributed by atoms with Crippen molar-refractivity contribution in [2.45, 2.75) is 26.1 Å². The van der Waals surface area contributed by atoms with Gasteiger partial charge in [-0.25, -0.2) is 0 Å². The Balaban J connectivity index is 2.95. The maximum atomic E-state index is 12.1. The number of aryl methyl sites for hydroxylation is 2. The molecule has 0 aliphatic rings. The van der Waals surface area contributed by atoms with Crippen LogP contribution in [0.3, 0.4) is 0 Å². The van der Waals surface area contributed by atoms with Crippen LogP contribution >= 0.6 is 0 Å². The number of benzene rings is 1. The number of ether oxygens (including phenoxy) is 1. The van der Waals surface area contributed by atoms with Gasteiger partial charge in [0.25, 0.3) is 0 Å². The third kappa shape index (κ3) is 3.81. The lowest BCUT2D eigenvalue weighted by atomic mass is 10.1. The maximum absolute atomic E-state index is 12.1. The minimum atomic E-state index is -4.70. The molecule has 0 saturated heterocycles. The molecule has 0 N–H and O–H groups in total. The number of rotatable bonds is 3. The first-order valence-corrected chi connectivity index (χ1v) is 4.64. The fraction of sp³-hybridized carbons (Fsp3) is 0.364. The number of alkyl halides is 3. The second kappa shape index (κ2) is 4.88. The first kappa shape index (κ1) is 12.4. The molecule has 86 valence electrons. The maximum Gasteiger partial charge on any atom is 0.573 e. The van der Waals surface area contributed by atoms with Crippen molar-refractivity contribution in [1.82, 2.24) is 0 Å². The summed E-state index contributed by atoms with van der Waals surface area (Å²) in [4.78, 5) is 0. The Morgan fingerprint density at radius 1 is 1.38 bits per heavy atom. The molecule has 0 unspecified atom stereocenters.